The van der Waals surface area contributed by atoms with Gasteiger partial charge < -0.3 is 5.11 Å². The van der Waals surface area contributed by atoms with Crippen LogP contribution in [0.5, 0.6) is 5.75 Å². The number of phenolic OH excluding ortho intramolecular Hbond substituents is 1. The van der Waals surface area contributed by atoms with Crippen molar-refractivity contribution in [3.63, 3.8) is 0 Å². The quantitative estimate of drug-likeness (QED) is 0.645. The van der Waals surface area contributed by atoms with E-state index in [-0.39, 0.29) is 5.41 Å². The molecule has 1 heteroatoms. The first-order valence-corrected chi connectivity index (χ1v) is 6.63. The van der Waals surface area contributed by atoms with Crippen LogP contribution < -0.4 is 0 Å². The van der Waals surface area contributed by atoms with Crippen LogP contribution in [0.15, 0.2) is 12.1 Å². The fourth-order valence-electron chi connectivity index (χ4n) is 1.39. The molecule has 1 nitrogen and oxygen atoms in total. The highest BCUT2D eigenvalue weighted by Crippen LogP contribution is 2.29. The lowest BCUT2D eigenvalue weighted by Crippen LogP contribution is -2.11. The molecule has 0 aliphatic rings. The van der Waals surface area contributed by atoms with Gasteiger partial charge in [0.05, 0.1) is 0 Å². The Hall–Kier alpha value is -0.980. The van der Waals surface area contributed by atoms with E-state index in [1.807, 2.05) is 41.5 Å². The average Bonchev–Trinajstić information content (AvgIpc) is 2.29. The Morgan fingerprint density at radius 3 is 1.35 bits per heavy atom. The molecule has 0 fully saturated rings. The average molecular weight is 238 g/mol. The van der Waals surface area contributed by atoms with Gasteiger partial charge in [0.2, 0.25) is 0 Å². The molecule has 0 saturated heterocycles. The third-order valence-electron chi connectivity index (χ3n) is 2.36. The van der Waals surface area contributed by atoms with Gasteiger partial charge in [-0.25, -0.2) is 0 Å². The molecule has 0 saturated carbocycles. The van der Waals surface area contributed by atoms with E-state index in [0.29, 0.717) is 5.75 Å². The molecule has 0 atom stereocenters. The van der Waals surface area contributed by atoms with E-state index < -0.39 is 0 Å². The maximum atomic E-state index is 9.60. The first kappa shape index (κ1) is 18.4. The summed E-state index contributed by atoms with van der Waals surface area (Å²) >= 11 is 0. The molecule has 0 radical (unpaired) electrons. The van der Waals surface area contributed by atoms with Crippen molar-refractivity contribution in [3.8, 4) is 5.75 Å². The van der Waals surface area contributed by atoms with Crippen LogP contribution in [0.3, 0.4) is 0 Å². The summed E-state index contributed by atoms with van der Waals surface area (Å²) in [7, 11) is 0. The van der Waals surface area contributed by atoms with E-state index in [2.05, 4.69) is 32.9 Å². The van der Waals surface area contributed by atoms with Crippen LogP contribution in [0, 0.1) is 13.8 Å². The topological polar surface area (TPSA) is 20.2 Å². The van der Waals surface area contributed by atoms with Gasteiger partial charge in [-0.05, 0) is 36.0 Å². The molecule has 1 N–H and O–H groups in total. The Balaban J connectivity index is 0. The third-order valence-corrected chi connectivity index (χ3v) is 2.36. The van der Waals surface area contributed by atoms with Crippen LogP contribution >= 0.6 is 0 Å². The first-order valence-electron chi connectivity index (χ1n) is 6.63. The molecular formula is C16H30O. The standard InChI is InChI=1S/C12H18O.2C2H6/c1-8-6-10(12(3,4)5)7-9(2)11(8)13;2*1-2/h6-7,13H,1-5H3;2*1-2H3. The molecule has 0 aliphatic heterocycles. The summed E-state index contributed by atoms with van der Waals surface area (Å²) in [6.45, 7) is 18.4. The zero-order chi connectivity index (χ0) is 14.2. The Morgan fingerprint density at radius 1 is 0.824 bits per heavy atom. The van der Waals surface area contributed by atoms with Gasteiger partial charge in [0, 0.05) is 0 Å². The predicted molar refractivity (Wildman–Crippen MR) is 79.0 cm³/mol. The molecule has 0 spiro atoms. The number of rotatable bonds is 0. The lowest BCUT2D eigenvalue weighted by atomic mass is 9.85. The summed E-state index contributed by atoms with van der Waals surface area (Å²) in [5.74, 6) is 0.424. The van der Waals surface area contributed by atoms with E-state index in [1.54, 1.807) is 0 Å². The molecule has 1 rings (SSSR count). The van der Waals surface area contributed by atoms with Gasteiger partial charge in [-0.15, -0.1) is 0 Å². The molecule has 100 valence electrons. The maximum Gasteiger partial charge on any atom is 0.121 e. The highest BCUT2D eigenvalue weighted by atomic mass is 16.3. The first-order chi connectivity index (χ1) is 7.82. The fourth-order valence-corrected chi connectivity index (χ4v) is 1.39. The molecule has 17 heavy (non-hydrogen) atoms. The molecule has 1 aromatic carbocycles. The van der Waals surface area contributed by atoms with Crippen LogP contribution in [-0.2, 0) is 5.41 Å². The summed E-state index contributed by atoms with van der Waals surface area (Å²) in [6.07, 6.45) is 0. The second kappa shape index (κ2) is 8.16. The Kier molecular flexibility index (Phi) is 8.83. The van der Waals surface area contributed by atoms with Gasteiger partial charge in [0.1, 0.15) is 5.75 Å². The SMILES string of the molecule is CC.CC.Cc1cc(C(C)(C)C)cc(C)c1O. The molecule has 0 unspecified atom stereocenters. The van der Waals surface area contributed by atoms with E-state index in [4.69, 9.17) is 0 Å². The van der Waals surface area contributed by atoms with E-state index in [1.165, 1.54) is 5.56 Å². The highest BCUT2D eigenvalue weighted by Gasteiger charge is 2.15. The smallest absolute Gasteiger partial charge is 0.121 e. The van der Waals surface area contributed by atoms with Crippen molar-refractivity contribution in [2.45, 2.75) is 67.7 Å². The zero-order valence-electron chi connectivity index (χ0n) is 13.1. The molecule has 0 aromatic heterocycles. The van der Waals surface area contributed by atoms with E-state index in [0.717, 1.165) is 11.1 Å². The second-order valence-electron chi connectivity index (χ2n) is 4.71. The highest BCUT2D eigenvalue weighted by molar-refractivity contribution is 5.44. The minimum atomic E-state index is 0.156. The number of phenols is 1. The van der Waals surface area contributed by atoms with Gasteiger partial charge in [-0.3, -0.25) is 0 Å². The Morgan fingerprint density at radius 2 is 1.12 bits per heavy atom. The molecule has 0 bridgehead atoms. The number of benzene rings is 1. The number of aromatic hydroxyl groups is 1. The van der Waals surface area contributed by atoms with Gasteiger partial charge in [0.25, 0.3) is 0 Å². The Labute approximate surface area is 108 Å². The second-order valence-corrected chi connectivity index (χ2v) is 4.71. The number of hydrogen-bond donors (Lipinski definition) is 1. The van der Waals surface area contributed by atoms with Crippen molar-refractivity contribution in [1.82, 2.24) is 0 Å². The molecule has 0 amide bonds. The predicted octanol–water partition coefficient (Wildman–Crippen LogP) is 5.36. The minimum Gasteiger partial charge on any atom is -0.507 e. The maximum absolute atomic E-state index is 9.60. The largest absolute Gasteiger partial charge is 0.507 e. The van der Waals surface area contributed by atoms with Crippen LogP contribution in [0.2, 0.25) is 0 Å². The normalized spacial score (nSPS) is 9.71. The van der Waals surface area contributed by atoms with Crippen LogP contribution in [0.1, 0.15) is 65.2 Å². The minimum absolute atomic E-state index is 0.156. The summed E-state index contributed by atoms with van der Waals surface area (Å²) in [6, 6.07) is 4.12. The molecule has 1 aromatic rings. The van der Waals surface area contributed by atoms with Crippen molar-refractivity contribution in [3.05, 3.63) is 28.8 Å². The van der Waals surface area contributed by atoms with E-state index in [9.17, 15) is 5.11 Å². The third kappa shape index (κ3) is 5.76. The lowest BCUT2D eigenvalue weighted by Gasteiger charge is -2.20. The van der Waals surface area contributed by atoms with Crippen molar-refractivity contribution < 1.29 is 5.11 Å². The Bertz CT molecular complexity index is 296. The number of aryl methyl sites for hydroxylation is 2. The summed E-state index contributed by atoms with van der Waals surface area (Å²) in [5.41, 5.74) is 3.36. The van der Waals surface area contributed by atoms with Crippen LogP contribution in [-0.4, -0.2) is 5.11 Å². The lowest BCUT2D eigenvalue weighted by molar-refractivity contribution is 0.465. The van der Waals surface area contributed by atoms with Crippen molar-refractivity contribution >= 4 is 0 Å². The van der Waals surface area contributed by atoms with Crippen molar-refractivity contribution in [2.75, 3.05) is 0 Å². The van der Waals surface area contributed by atoms with Gasteiger partial charge in [-0.2, -0.15) is 0 Å². The fraction of sp³-hybridized carbons (Fsp3) is 0.625. The van der Waals surface area contributed by atoms with Gasteiger partial charge in [0.15, 0.2) is 0 Å². The summed E-state index contributed by atoms with van der Waals surface area (Å²) in [5, 5.41) is 9.60. The molecular weight excluding hydrogens is 208 g/mol. The molecule has 0 aliphatic carbocycles. The van der Waals surface area contributed by atoms with Crippen LogP contribution in [0.4, 0.5) is 0 Å². The number of hydrogen-bond acceptors (Lipinski definition) is 1. The summed E-state index contributed by atoms with van der Waals surface area (Å²) in [4.78, 5) is 0. The van der Waals surface area contributed by atoms with Gasteiger partial charge >= 0.3 is 0 Å². The van der Waals surface area contributed by atoms with Crippen LogP contribution in [0.25, 0.3) is 0 Å². The van der Waals surface area contributed by atoms with Crippen molar-refractivity contribution in [1.29, 1.82) is 0 Å². The van der Waals surface area contributed by atoms with Gasteiger partial charge in [-0.1, -0.05) is 60.6 Å². The zero-order valence-corrected chi connectivity index (χ0v) is 13.1. The molecule has 0 heterocycles. The van der Waals surface area contributed by atoms with E-state index >= 15 is 0 Å². The summed E-state index contributed by atoms with van der Waals surface area (Å²) < 4.78 is 0. The monoisotopic (exact) mass is 238 g/mol. The van der Waals surface area contributed by atoms with Crippen molar-refractivity contribution in [2.24, 2.45) is 0 Å².